The zero-order chi connectivity index (χ0) is 4.12. The molecule has 0 rings (SSSR count). The van der Waals surface area contributed by atoms with Gasteiger partial charge in [0.1, 0.15) is 0 Å². The predicted molar refractivity (Wildman–Crippen MR) is 22.0 cm³/mol. The van der Waals surface area contributed by atoms with Gasteiger partial charge < -0.3 is 2.85 Å². The first-order valence-electron chi connectivity index (χ1n) is 1.29. The fourth-order valence-electron chi connectivity index (χ4n) is 0.0962. The van der Waals surface area contributed by atoms with E-state index < -0.39 is 0 Å². The standard InChI is InChI=1S/2CH3O.Al.Na.2H/c2*1-2;;;;/h2*1H3;;;;/q2*-1;+3;+1;2*-1. The van der Waals surface area contributed by atoms with E-state index in [1.807, 2.05) is 0 Å². The van der Waals surface area contributed by atoms with Gasteiger partial charge in [-0.2, -0.15) is 0 Å². The van der Waals surface area contributed by atoms with Crippen LogP contribution in [0.5, 0.6) is 0 Å². The molecule has 0 aliphatic heterocycles. The van der Waals surface area contributed by atoms with Crippen molar-refractivity contribution in [2.45, 2.75) is 0 Å². The van der Waals surface area contributed by atoms with Crippen LogP contribution in [0, 0.1) is 0 Å². The van der Waals surface area contributed by atoms with Gasteiger partial charge in [-0.15, -0.1) is 0 Å². The van der Waals surface area contributed by atoms with E-state index in [1.165, 1.54) is 0 Å². The molecule has 0 amide bonds. The Labute approximate surface area is 69.8 Å². The number of hydrogen-bond donors (Lipinski definition) is 0. The van der Waals surface area contributed by atoms with Gasteiger partial charge in [0, 0.05) is 0 Å². The van der Waals surface area contributed by atoms with E-state index >= 15 is 0 Å². The van der Waals surface area contributed by atoms with Crippen LogP contribution in [-0.4, -0.2) is 30.1 Å². The summed E-state index contributed by atoms with van der Waals surface area (Å²) in [5.41, 5.74) is 0. The Kier molecular flexibility index (Phi) is 16.8. The van der Waals surface area contributed by atoms with Gasteiger partial charge in [0.25, 0.3) is 0 Å². The second-order valence-electron chi connectivity index (χ2n) is 0.568. The molecule has 0 aliphatic carbocycles. The summed E-state index contributed by atoms with van der Waals surface area (Å²) in [6, 6.07) is 0. The van der Waals surface area contributed by atoms with Crippen LogP contribution < -0.4 is 29.6 Å². The molecule has 0 fully saturated rings. The first-order valence-corrected chi connectivity index (χ1v) is 2.23. The van der Waals surface area contributed by atoms with Gasteiger partial charge in [0.05, 0.1) is 0 Å². The van der Waals surface area contributed by atoms with Crippen LogP contribution in [0.1, 0.15) is 2.85 Å². The summed E-state index contributed by atoms with van der Waals surface area (Å²) < 4.78 is 9.10. The summed E-state index contributed by atoms with van der Waals surface area (Å²) in [5.74, 6) is 0. The monoisotopic (exact) mass is 114 g/mol. The van der Waals surface area contributed by atoms with Gasteiger partial charge in [0.15, 0.2) is 0 Å². The molecule has 0 heterocycles. The minimum atomic E-state index is -0.185. The molecular formula is C2H8AlNaO2. The van der Waals surface area contributed by atoms with Crippen molar-refractivity contribution in [3.8, 4) is 0 Å². The van der Waals surface area contributed by atoms with Crippen molar-refractivity contribution in [3.63, 3.8) is 0 Å². The van der Waals surface area contributed by atoms with Crippen molar-refractivity contribution in [2.24, 2.45) is 0 Å². The van der Waals surface area contributed by atoms with Crippen molar-refractivity contribution in [3.05, 3.63) is 0 Å². The van der Waals surface area contributed by atoms with E-state index in [0.29, 0.717) is 0 Å². The summed E-state index contributed by atoms with van der Waals surface area (Å²) in [5, 5.41) is 0. The van der Waals surface area contributed by atoms with Crippen LogP contribution in [0.3, 0.4) is 0 Å². The molecule has 0 aliphatic rings. The Bertz CT molecular complexity index is 25.5. The Balaban J connectivity index is -0.0000000267. The fourth-order valence-corrected chi connectivity index (χ4v) is 0.289. The van der Waals surface area contributed by atoms with Gasteiger partial charge in [-0.3, -0.25) is 0 Å². The third-order valence-corrected chi connectivity index (χ3v) is 0.577. The summed E-state index contributed by atoms with van der Waals surface area (Å²) in [6.45, 7) is 0. The summed E-state index contributed by atoms with van der Waals surface area (Å²) in [6.07, 6.45) is 0. The maximum atomic E-state index is 4.55. The quantitative estimate of drug-likeness (QED) is 0.357. The molecule has 0 saturated heterocycles. The molecule has 2 nitrogen and oxygen atoms in total. The molecule has 0 unspecified atom stereocenters. The Morgan fingerprint density at radius 1 is 1.33 bits per heavy atom. The Hall–Kier alpha value is 1.45. The smallest absolute Gasteiger partial charge is 1.00 e. The molecule has 4 heteroatoms. The fraction of sp³-hybridized carbons (Fsp3) is 1.00. The molecular weight excluding hydrogens is 106 g/mol. The molecule has 0 radical (unpaired) electrons. The van der Waals surface area contributed by atoms with Crippen LogP contribution in [0.4, 0.5) is 0 Å². The molecule has 6 heavy (non-hydrogen) atoms. The Morgan fingerprint density at radius 2 is 1.67 bits per heavy atom. The van der Waals surface area contributed by atoms with E-state index in [-0.39, 0.29) is 48.3 Å². The largest absolute Gasteiger partial charge is 1.00 e. The average Bonchev–Trinajstić information content (AvgIpc) is 1.41. The second-order valence-corrected chi connectivity index (χ2v) is 1.70. The second kappa shape index (κ2) is 9.68. The maximum Gasteiger partial charge on any atom is 1.00 e. The maximum absolute atomic E-state index is 4.55. The molecule has 0 aromatic heterocycles. The summed E-state index contributed by atoms with van der Waals surface area (Å²) >= 11 is -0.185. The minimum Gasteiger partial charge on any atom is -1.00 e. The zero-order valence-corrected chi connectivity index (χ0v) is 7.55. The molecule has 0 N–H and O–H groups in total. The van der Waals surface area contributed by atoms with E-state index in [9.17, 15) is 0 Å². The van der Waals surface area contributed by atoms with Crippen LogP contribution in [0.2, 0.25) is 0 Å². The zero-order valence-electron chi connectivity index (χ0n) is 6.39. The molecule has 0 atom stereocenters. The third-order valence-electron chi connectivity index (χ3n) is 0.192. The van der Waals surface area contributed by atoms with Crippen LogP contribution in [0.25, 0.3) is 0 Å². The van der Waals surface area contributed by atoms with E-state index in [4.69, 9.17) is 0 Å². The van der Waals surface area contributed by atoms with Crippen LogP contribution in [-0.2, 0) is 7.58 Å². The topological polar surface area (TPSA) is 18.5 Å². The molecule has 0 spiro atoms. The summed E-state index contributed by atoms with van der Waals surface area (Å²) in [7, 11) is 3.25. The van der Waals surface area contributed by atoms with Crippen molar-refractivity contribution in [1.29, 1.82) is 0 Å². The van der Waals surface area contributed by atoms with Crippen molar-refractivity contribution < 1.29 is 40.0 Å². The van der Waals surface area contributed by atoms with Gasteiger partial charge in [0.2, 0.25) is 0 Å². The molecule has 0 bridgehead atoms. The average molecular weight is 114 g/mol. The summed E-state index contributed by atoms with van der Waals surface area (Å²) in [4.78, 5) is 0. The van der Waals surface area contributed by atoms with E-state index in [1.54, 1.807) is 14.2 Å². The van der Waals surface area contributed by atoms with Gasteiger partial charge >= 0.3 is 67.2 Å². The molecule has 0 aromatic carbocycles. The molecule has 0 aromatic rings. The SMILES string of the molecule is C[O][Al+][O]C.[H-].[H-].[Na+]. The van der Waals surface area contributed by atoms with Gasteiger partial charge in [-0.1, -0.05) is 0 Å². The Morgan fingerprint density at radius 3 is 1.67 bits per heavy atom. The van der Waals surface area contributed by atoms with Crippen LogP contribution in [0.15, 0.2) is 0 Å². The van der Waals surface area contributed by atoms with Crippen LogP contribution >= 0.6 is 0 Å². The van der Waals surface area contributed by atoms with Crippen molar-refractivity contribution >= 4 is 15.9 Å². The van der Waals surface area contributed by atoms with Crippen molar-refractivity contribution in [1.82, 2.24) is 0 Å². The van der Waals surface area contributed by atoms with E-state index in [2.05, 4.69) is 7.58 Å². The molecule has 32 valence electrons. The van der Waals surface area contributed by atoms with E-state index in [0.717, 1.165) is 0 Å². The van der Waals surface area contributed by atoms with Crippen molar-refractivity contribution in [2.75, 3.05) is 14.2 Å². The number of hydrogen-bond acceptors (Lipinski definition) is 2. The predicted octanol–water partition coefficient (Wildman–Crippen LogP) is -2.96. The third kappa shape index (κ3) is 9.07. The minimum absolute atomic E-state index is 0. The first kappa shape index (κ1) is 10.4. The van der Waals surface area contributed by atoms with Gasteiger partial charge in [-0.25, -0.2) is 0 Å². The first-order chi connectivity index (χ1) is 2.41. The number of rotatable bonds is 2. The normalized spacial score (nSPS) is 5.67. The van der Waals surface area contributed by atoms with Gasteiger partial charge in [-0.05, 0) is 0 Å². The molecule has 0 saturated carbocycles.